The van der Waals surface area contributed by atoms with Crippen LogP contribution in [0.1, 0.15) is 36.0 Å². The molecule has 1 aliphatic heterocycles. The summed E-state index contributed by atoms with van der Waals surface area (Å²) >= 11 is 0. The number of hydrogen-bond acceptors (Lipinski definition) is 3. The SMILES string of the molecule is Cc1ccc(-c2cc(N3CCCCC3)nc(-c3ccc(C)cc3)c2C#N)cc1. The minimum absolute atomic E-state index is 0.647. The van der Waals surface area contributed by atoms with Crippen LogP contribution < -0.4 is 4.90 Å². The van der Waals surface area contributed by atoms with E-state index < -0.39 is 0 Å². The van der Waals surface area contributed by atoms with Crippen molar-refractivity contribution in [3.8, 4) is 28.5 Å². The summed E-state index contributed by atoms with van der Waals surface area (Å²) in [5.41, 5.74) is 6.87. The van der Waals surface area contributed by atoms with Gasteiger partial charge in [-0.15, -0.1) is 0 Å². The zero-order valence-electron chi connectivity index (χ0n) is 16.6. The molecule has 3 aromatic rings. The molecule has 1 saturated heterocycles. The van der Waals surface area contributed by atoms with E-state index in [-0.39, 0.29) is 0 Å². The molecule has 0 saturated carbocycles. The van der Waals surface area contributed by atoms with Crippen LogP contribution in [0.2, 0.25) is 0 Å². The summed E-state index contributed by atoms with van der Waals surface area (Å²) in [5, 5.41) is 10.0. The summed E-state index contributed by atoms with van der Waals surface area (Å²) in [6.45, 7) is 6.21. The first kappa shape index (κ1) is 18.3. The maximum Gasteiger partial charge on any atom is 0.129 e. The predicted molar refractivity (Wildman–Crippen MR) is 115 cm³/mol. The van der Waals surface area contributed by atoms with Gasteiger partial charge in [0, 0.05) is 24.2 Å². The quantitative estimate of drug-likeness (QED) is 0.579. The van der Waals surface area contributed by atoms with Crippen molar-refractivity contribution in [1.82, 2.24) is 4.98 Å². The molecule has 3 heteroatoms. The van der Waals surface area contributed by atoms with Gasteiger partial charge in [0.15, 0.2) is 0 Å². The van der Waals surface area contributed by atoms with Gasteiger partial charge in [-0.2, -0.15) is 5.26 Å². The molecule has 0 spiro atoms. The molecule has 28 heavy (non-hydrogen) atoms. The third-order valence-corrected chi connectivity index (χ3v) is 5.49. The van der Waals surface area contributed by atoms with E-state index in [1.54, 1.807) is 0 Å². The van der Waals surface area contributed by atoms with Crippen molar-refractivity contribution < 1.29 is 0 Å². The summed E-state index contributed by atoms with van der Waals surface area (Å²) in [4.78, 5) is 7.34. The van der Waals surface area contributed by atoms with Gasteiger partial charge in [0.05, 0.1) is 11.3 Å². The predicted octanol–water partition coefficient (Wildman–Crippen LogP) is 5.89. The molecule has 2 aromatic carbocycles. The van der Waals surface area contributed by atoms with Crippen molar-refractivity contribution in [2.75, 3.05) is 18.0 Å². The van der Waals surface area contributed by atoms with Crippen LogP contribution >= 0.6 is 0 Å². The summed E-state index contributed by atoms with van der Waals surface area (Å²) in [5.74, 6) is 0.977. The first-order valence-corrected chi connectivity index (χ1v) is 10.00. The minimum atomic E-state index is 0.647. The number of piperidine rings is 1. The van der Waals surface area contributed by atoms with Gasteiger partial charge in [-0.3, -0.25) is 0 Å². The Morgan fingerprint density at radius 1 is 0.821 bits per heavy atom. The van der Waals surface area contributed by atoms with E-state index in [4.69, 9.17) is 4.98 Å². The fourth-order valence-electron chi connectivity index (χ4n) is 3.81. The van der Waals surface area contributed by atoms with Crippen LogP contribution in [0.3, 0.4) is 0 Å². The van der Waals surface area contributed by atoms with Crippen LogP contribution in [0.15, 0.2) is 54.6 Å². The monoisotopic (exact) mass is 367 g/mol. The molecular weight excluding hydrogens is 342 g/mol. The highest BCUT2D eigenvalue weighted by Gasteiger charge is 2.20. The third-order valence-electron chi connectivity index (χ3n) is 5.49. The second kappa shape index (κ2) is 7.86. The Morgan fingerprint density at radius 3 is 1.96 bits per heavy atom. The average molecular weight is 367 g/mol. The smallest absolute Gasteiger partial charge is 0.129 e. The van der Waals surface area contributed by atoms with Crippen molar-refractivity contribution in [3.05, 3.63) is 71.3 Å². The number of rotatable bonds is 3. The van der Waals surface area contributed by atoms with Gasteiger partial charge < -0.3 is 4.90 Å². The van der Waals surface area contributed by atoms with Gasteiger partial charge in [0.2, 0.25) is 0 Å². The first-order valence-electron chi connectivity index (χ1n) is 10.00. The van der Waals surface area contributed by atoms with Crippen LogP contribution in [0.25, 0.3) is 22.4 Å². The lowest BCUT2D eigenvalue weighted by molar-refractivity contribution is 0.573. The normalized spacial score (nSPS) is 14.0. The molecule has 0 aliphatic carbocycles. The Kier molecular flexibility index (Phi) is 5.12. The standard InChI is InChI=1S/C25H25N3/c1-18-6-10-20(11-7-18)22-16-24(28-14-4-3-5-15-28)27-25(23(22)17-26)21-12-8-19(2)9-13-21/h6-13,16H,3-5,14-15H2,1-2H3. The van der Waals surface area contributed by atoms with E-state index in [0.29, 0.717) is 5.56 Å². The van der Waals surface area contributed by atoms with Gasteiger partial charge in [-0.25, -0.2) is 4.98 Å². The molecule has 1 aromatic heterocycles. The summed E-state index contributed by atoms with van der Waals surface area (Å²) in [6.07, 6.45) is 3.67. The number of aromatic nitrogens is 1. The van der Waals surface area contributed by atoms with Crippen LogP contribution in [0.4, 0.5) is 5.82 Å². The maximum absolute atomic E-state index is 10.0. The molecule has 1 fully saturated rings. The lowest BCUT2D eigenvalue weighted by atomic mass is 9.95. The zero-order valence-corrected chi connectivity index (χ0v) is 16.6. The highest BCUT2D eigenvalue weighted by atomic mass is 15.2. The molecule has 1 aliphatic rings. The topological polar surface area (TPSA) is 39.9 Å². The third kappa shape index (κ3) is 3.64. The van der Waals surface area contributed by atoms with E-state index in [0.717, 1.165) is 41.3 Å². The second-order valence-corrected chi connectivity index (χ2v) is 7.64. The number of nitrogens with zero attached hydrogens (tertiary/aromatic N) is 3. The van der Waals surface area contributed by atoms with Crippen molar-refractivity contribution in [1.29, 1.82) is 5.26 Å². The summed E-state index contributed by atoms with van der Waals surface area (Å²) in [7, 11) is 0. The Labute approximate surface area is 167 Å². The van der Waals surface area contributed by atoms with Crippen molar-refractivity contribution in [3.63, 3.8) is 0 Å². The fraction of sp³-hybridized carbons (Fsp3) is 0.280. The highest BCUT2D eigenvalue weighted by Crippen LogP contribution is 2.35. The molecule has 0 unspecified atom stereocenters. The van der Waals surface area contributed by atoms with Crippen molar-refractivity contribution >= 4 is 5.82 Å². The Balaban J connectivity index is 1.92. The molecule has 3 nitrogen and oxygen atoms in total. The summed E-state index contributed by atoms with van der Waals surface area (Å²) in [6, 6.07) is 21.2. The van der Waals surface area contributed by atoms with E-state index in [2.05, 4.69) is 79.4 Å². The Bertz CT molecular complexity index is 939. The summed E-state index contributed by atoms with van der Waals surface area (Å²) < 4.78 is 0. The molecule has 0 bridgehead atoms. The number of hydrogen-bond donors (Lipinski definition) is 0. The first-order chi connectivity index (χ1) is 13.7. The fourth-order valence-corrected chi connectivity index (χ4v) is 3.81. The number of benzene rings is 2. The van der Waals surface area contributed by atoms with Crippen molar-refractivity contribution in [2.24, 2.45) is 0 Å². The molecule has 0 amide bonds. The van der Waals surface area contributed by atoms with Gasteiger partial charge in [-0.05, 0) is 44.7 Å². The highest BCUT2D eigenvalue weighted by molar-refractivity contribution is 5.82. The van der Waals surface area contributed by atoms with Crippen LogP contribution in [-0.4, -0.2) is 18.1 Å². The molecule has 140 valence electrons. The van der Waals surface area contributed by atoms with Gasteiger partial charge in [0.1, 0.15) is 11.9 Å². The molecular formula is C25H25N3. The average Bonchev–Trinajstić information content (AvgIpc) is 2.74. The second-order valence-electron chi connectivity index (χ2n) is 7.64. The van der Waals surface area contributed by atoms with Crippen molar-refractivity contribution in [2.45, 2.75) is 33.1 Å². The lowest BCUT2D eigenvalue weighted by Gasteiger charge is -2.29. The largest absolute Gasteiger partial charge is 0.357 e. The Morgan fingerprint density at radius 2 is 1.39 bits per heavy atom. The van der Waals surface area contributed by atoms with E-state index in [1.807, 2.05) is 0 Å². The molecule has 0 atom stereocenters. The maximum atomic E-state index is 10.0. The van der Waals surface area contributed by atoms with E-state index in [1.165, 1.54) is 30.4 Å². The van der Waals surface area contributed by atoms with Gasteiger partial charge in [-0.1, -0.05) is 59.7 Å². The lowest BCUT2D eigenvalue weighted by Crippen LogP contribution is -2.30. The van der Waals surface area contributed by atoms with Crippen LogP contribution in [0.5, 0.6) is 0 Å². The van der Waals surface area contributed by atoms with Gasteiger partial charge in [0.25, 0.3) is 0 Å². The number of nitriles is 1. The van der Waals surface area contributed by atoms with Gasteiger partial charge >= 0.3 is 0 Å². The molecule has 4 rings (SSSR count). The molecule has 0 radical (unpaired) electrons. The number of aryl methyl sites for hydroxylation is 2. The minimum Gasteiger partial charge on any atom is -0.357 e. The Hall–Kier alpha value is -3.12. The zero-order chi connectivity index (χ0) is 19.5. The number of pyridine rings is 1. The molecule has 0 N–H and O–H groups in total. The van der Waals surface area contributed by atoms with E-state index in [9.17, 15) is 5.26 Å². The molecule has 2 heterocycles. The van der Waals surface area contributed by atoms with E-state index >= 15 is 0 Å². The van der Waals surface area contributed by atoms with Crippen LogP contribution in [-0.2, 0) is 0 Å². The van der Waals surface area contributed by atoms with Crippen LogP contribution in [0, 0.1) is 25.2 Å². The number of anilines is 1.